The summed E-state index contributed by atoms with van der Waals surface area (Å²) >= 11 is 0. The largest absolute Gasteiger partial charge is 0.508 e. The minimum Gasteiger partial charge on any atom is -0.508 e. The molecule has 1 atom stereocenters. The molecule has 0 aliphatic carbocycles. The third-order valence-corrected chi connectivity index (χ3v) is 3.50. The van der Waals surface area contributed by atoms with Gasteiger partial charge in [0.1, 0.15) is 5.75 Å². The lowest BCUT2D eigenvalue weighted by Crippen LogP contribution is -2.25. The van der Waals surface area contributed by atoms with Crippen LogP contribution in [0, 0.1) is 5.92 Å². The number of nitrogens with one attached hydrogen (secondary N) is 1. The van der Waals surface area contributed by atoms with Gasteiger partial charge in [-0.2, -0.15) is 0 Å². The summed E-state index contributed by atoms with van der Waals surface area (Å²) in [6, 6.07) is 9.99. The number of benzene rings is 1. The molecule has 0 saturated carbocycles. The molecule has 0 spiro atoms. The molecule has 1 unspecified atom stereocenters. The third kappa shape index (κ3) is 3.64. The SMILES string of the molecule is CCNC(c1ccn(Cc2cccc(O)c2)c1)C(C)C. The topological polar surface area (TPSA) is 37.2 Å². The Kier molecular flexibility index (Phi) is 4.85. The van der Waals surface area contributed by atoms with Gasteiger partial charge < -0.3 is 15.0 Å². The van der Waals surface area contributed by atoms with Crippen LogP contribution in [0.5, 0.6) is 5.75 Å². The van der Waals surface area contributed by atoms with Gasteiger partial charge in [-0.3, -0.25) is 0 Å². The lowest BCUT2D eigenvalue weighted by atomic mass is 9.98. The van der Waals surface area contributed by atoms with Crippen molar-refractivity contribution < 1.29 is 5.11 Å². The molecule has 2 rings (SSSR count). The Hall–Kier alpha value is -1.74. The number of rotatable bonds is 6. The molecule has 3 nitrogen and oxygen atoms in total. The highest BCUT2D eigenvalue weighted by Gasteiger charge is 2.15. The van der Waals surface area contributed by atoms with E-state index in [0.717, 1.165) is 18.7 Å². The van der Waals surface area contributed by atoms with Crippen LogP contribution >= 0.6 is 0 Å². The van der Waals surface area contributed by atoms with Crippen molar-refractivity contribution in [1.29, 1.82) is 0 Å². The van der Waals surface area contributed by atoms with E-state index < -0.39 is 0 Å². The highest BCUT2D eigenvalue weighted by molar-refractivity contribution is 5.28. The van der Waals surface area contributed by atoms with Gasteiger partial charge in [0.25, 0.3) is 0 Å². The van der Waals surface area contributed by atoms with E-state index in [9.17, 15) is 5.11 Å². The fourth-order valence-electron chi connectivity index (χ4n) is 2.57. The Balaban J connectivity index is 2.12. The number of aromatic hydroxyl groups is 1. The first-order chi connectivity index (χ1) is 9.60. The highest BCUT2D eigenvalue weighted by Crippen LogP contribution is 2.22. The van der Waals surface area contributed by atoms with Gasteiger partial charge in [-0.1, -0.05) is 32.9 Å². The molecule has 108 valence electrons. The van der Waals surface area contributed by atoms with Crippen LogP contribution in [0.4, 0.5) is 0 Å². The zero-order valence-corrected chi connectivity index (χ0v) is 12.5. The van der Waals surface area contributed by atoms with Crippen LogP contribution in [-0.4, -0.2) is 16.2 Å². The molecule has 1 aromatic heterocycles. The van der Waals surface area contributed by atoms with E-state index in [0.29, 0.717) is 17.7 Å². The molecule has 1 aromatic carbocycles. The highest BCUT2D eigenvalue weighted by atomic mass is 16.3. The number of nitrogens with zero attached hydrogens (tertiary/aromatic N) is 1. The zero-order chi connectivity index (χ0) is 14.5. The Morgan fingerprint density at radius 1 is 1.25 bits per heavy atom. The first-order valence-electron chi connectivity index (χ1n) is 7.27. The molecule has 0 fully saturated rings. The van der Waals surface area contributed by atoms with E-state index in [-0.39, 0.29) is 0 Å². The van der Waals surface area contributed by atoms with Crippen LogP contribution in [0.1, 0.15) is 37.9 Å². The Labute approximate surface area is 121 Å². The molecule has 0 radical (unpaired) electrons. The van der Waals surface area contributed by atoms with Crippen molar-refractivity contribution >= 4 is 0 Å². The minimum atomic E-state index is 0.322. The summed E-state index contributed by atoms with van der Waals surface area (Å²) in [5, 5.41) is 13.0. The van der Waals surface area contributed by atoms with Crippen LogP contribution in [0.25, 0.3) is 0 Å². The predicted molar refractivity (Wildman–Crippen MR) is 82.9 cm³/mol. The van der Waals surface area contributed by atoms with E-state index in [1.165, 1.54) is 5.56 Å². The van der Waals surface area contributed by atoms with Crippen LogP contribution in [0.2, 0.25) is 0 Å². The average molecular weight is 272 g/mol. The van der Waals surface area contributed by atoms with Crippen molar-refractivity contribution in [2.24, 2.45) is 5.92 Å². The fraction of sp³-hybridized carbons (Fsp3) is 0.412. The Morgan fingerprint density at radius 3 is 2.70 bits per heavy atom. The second kappa shape index (κ2) is 6.62. The summed E-state index contributed by atoms with van der Waals surface area (Å²) in [6.07, 6.45) is 4.30. The van der Waals surface area contributed by atoms with Crippen molar-refractivity contribution in [1.82, 2.24) is 9.88 Å². The standard InChI is InChI=1S/C17H24N2O/c1-4-18-17(13(2)3)15-8-9-19(12-15)11-14-6-5-7-16(20)10-14/h5-10,12-13,17-18,20H,4,11H2,1-3H3. The number of hydrogen-bond donors (Lipinski definition) is 2. The molecule has 0 saturated heterocycles. The van der Waals surface area contributed by atoms with E-state index in [1.54, 1.807) is 6.07 Å². The third-order valence-electron chi connectivity index (χ3n) is 3.50. The maximum atomic E-state index is 9.51. The van der Waals surface area contributed by atoms with E-state index >= 15 is 0 Å². The van der Waals surface area contributed by atoms with Gasteiger partial charge in [-0.25, -0.2) is 0 Å². The molecule has 0 aliphatic rings. The van der Waals surface area contributed by atoms with E-state index in [2.05, 4.69) is 49.1 Å². The van der Waals surface area contributed by atoms with Gasteiger partial charge in [-0.15, -0.1) is 0 Å². The van der Waals surface area contributed by atoms with Crippen LogP contribution in [0.3, 0.4) is 0 Å². The Morgan fingerprint density at radius 2 is 2.05 bits per heavy atom. The average Bonchev–Trinajstić information content (AvgIpc) is 2.83. The molecule has 1 heterocycles. The minimum absolute atomic E-state index is 0.322. The van der Waals surface area contributed by atoms with Gasteiger partial charge in [-0.05, 0) is 41.8 Å². The summed E-state index contributed by atoms with van der Waals surface area (Å²) in [4.78, 5) is 0. The summed E-state index contributed by atoms with van der Waals surface area (Å²) in [7, 11) is 0. The molecule has 0 bridgehead atoms. The van der Waals surface area contributed by atoms with Crippen LogP contribution in [0.15, 0.2) is 42.7 Å². The second-order valence-corrected chi connectivity index (χ2v) is 5.57. The molecule has 0 amide bonds. The Bertz CT molecular complexity index is 545. The number of phenols is 1. The summed E-state index contributed by atoms with van der Waals surface area (Å²) in [5.74, 6) is 0.883. The summed E-state index contributed by atoms with van der Waals surface area (Å²) < 4.78 is 2.16. The quantitative estimate of drug-likeness (QED) is 0.844. The normalized spacial score (nSPS) is 12.8. The number of aromatic nitrogens is 1. The van der Waals surface area contributed by atoms with Crippen molar-refractivity contribution in [2.45, 2.75) is 33.4 Å². The molecule has 0 aliphatic heterocycles. The van der Waals surface area contributed by atoms with E-state index in [1.807, 2.05) is 18.2 Å². The molecule has 2 N–H and O–H groups in total. The van der Waals surface area contributed by atoms with Gasteiger partial charge in [0, 0.05) is 25.0 Å². The van der Waals surface area contributed by atoms with Gasteiger partial charge >= 0.3 is 0 Å². The number of phenolic OH excluding ortho intramolecular Hbond substituents is 1. The predicted octanol–water partition coefficient (Wildman–Crippen LogP) is 3.55. The monoisotopic (exact) mass is 272 g/mol. The lowest BCUT2D eigenvalue weighted by molar-refractivity contribution is 0.421. The molecule has 20 heavy (non-hydrogen) atoms. The summed E-state index contributed by atoms with van der Waals surface area (Å²) in [6.45, 7) is 8.37. The lowest BCUT2D eigenvalue weighted by Gasteiger charge is -2.20. The van der Waals surface area contributed by atoms with Crippen molar-refractivity contribution in [2.75, 3.05) is 6.54 Å². The fourth-order valence-corrected chi connectivity index (χ4v) is 2.57. The van der Waals surface area contributed by atoms with Gasteiger partial charge in [0.05, 0.1) is 0 Å². The first-order valence-corrected chi connectivity index (χ1v) is 7.27. The molecular weight excluding hydrogens is 248 g/mol. The summed E-state index contributed by atoms with van der Waals surface area (Å²) in [5.41, 5.74) is 2.43. The molecule has 2 aromatic rings. The van der Waals surface area contributed by atoms with E-state index in [4.69, 9.17) is 0 Å². The maximum absolute atomic E-state index is 9.51. The molecule has 3 heteroatoms. The van der Waals surface area contributed by atoms with Gasteiger partial charge in [0.2, 0.25) is 0 Å². The second-order valence-electron chi connectivity index (χ2n) is 5.57. The molecular formula is C17H24N2O. The smallest absolute Gasteiger partial charge is 0.115 e. The van der Waals surface area contributed by atoms with Gasteiger partial charge in [0.15, 0.2) is 0 Å². The van der Waals surface area contributed by atoms with Crippen LogP contribution < -0.4 is 5.32 Å². The number of hydrogen-bond acceptors (Lipinski definition) is 2. The maximum Gasteiger partial charge on any atom is 0.115 e. The van der Waals surface area contributed by atoms with Crippen molar-refractivity contribution in [3.63, 3.8) is 0 Å². The van der Waals surface area contributed by atoms with Crippen molar-refractivity contribution in [3.05, 3.63) is 53.9 Å². The van der Waals surface area contributed by atoms with Crippen LogP contribution in [-0.2, 0) is 6.54 Å². The first kappa shape index (κ1) is 14.7. The van der Waals surface area contributed by atoms with Crippen molar-refractivity contribution in [3.8, 4) is 5.75 Å². The zero-order valence-electron chi connectivity index (χ0n) is 12.5.